The fraction of sp³-hybridized carbons (Fsp3) is 0.632. The quantitative estimate of drug-likeness (QED) is 0.756. The van der Waals surface area contributed by atoms with Crippen molar-refractivity contribution in [2.45, 2.75) is 30.4 Å². The molecule has 1 aromatic carbocycles. The van der Waals surface area contributed by atoms with Crippen molar-refractivity contribution in [3.63, 3.8) is 0 Å². The van der Waals surface area contributed by atoms with Crippen LogP contribution in [0.2, 0.25) is 0 Å². The topological polar surface area (TPSA) is 57.7 Å². The smallest absolute Gasteiger partial charge is 0.307 e. The third-order valence-electron chi connectivity index (χ3n) is 6.58. The molecule has 4 aliphatic rings. The number of alkyl halides is 3. The third-order valence-corrected chi connectivity index (χ3v) is 8.68. The van der Waals surface area contributed by atoms with Gasteiger partial charge in [0.15, 0.2) is 9.84 Å². The van der Waals surface area contributed by atoms with Crippen LogP contribution >= 0.6 is 0 Å². The van der Waals surface area contributed by atoms with E-state index in [2.05, 4.69) is 10.0 Å². The van der Waals surface area contributed by atoms with E-state index in [1.807, 2.05) is 18.9 Å². The van der Waals surface area contributed by atoms with Crippen LogP contribution in [0.1, 0.15) is 29.9 Å². The molecule has 154 valence electrons. The number of hydrogen-bond donors (Lipinski definition) is 0. The summed E-state index contributed by atoms with van der Waals surface area (Å²) >= 11 is 0. The molecule has 0 aromatic heterocycles. The van der Waals surface area contributed by atoms with Crippen LogP contribution in [0.15, 0.2) is 24.3 Å². The van der Waals surface area contributed by atoms with Crippen molar-refractivity contribution in [2.24, 2.45) is 5.41 Å². The first kappa shape index (κ1) is 19.8. The summed E-state index contributed by atoms with van der Waals surface area (Å²) < 4.78 is 62.3. The Balaban J connectivity index is 0.000000932. The summed E-state index contributed by atoms with van der Waals surface area (Å²) in [5.41, 5.74) is -0.140. The normalized spacial score (nSPS) is 27.7. The summed E-state index contributed by atoms with van der Waals surface area (Å²) in [6.07, 6.45) is -3.77. The highest BCUT2D eigenvalue weighted by Crippen LogP contribution is 2.59. The van der Waals surface area contributed by atoms with E-state index in [9.17, 15) is 21.6 Å². The second-order valence-corrected chi connectivity index (χ2v) is 10.7. The second kappa shape index (κ2) is 6.27. The summed E-state index contributed by atoms with van der Waals surface area (Å²) in [5.74, 6) is 0.971. The van der Waals surface area contributed by atoms with Gasteiger partial charge in [0.25, 0.3) is 0 Å². The predicted molar refractivity (Wildman–Crippen MR) is 97.5 cm³/mol. The number of nitrogens with zero attached hydrogens (tertiary/aromatic N) is 2. The highest BCUT2D eigenvalue weighted by atomic mass is 32.2. The zero-order chi connectivity index (χ0) is 20.4. The van der Waals surface area contributed by atoms with Gasteiger partial charge in [-0.3, -0.25) is 0 Å². The van der Waals surface area contributed by atoms with Crippen LogP contribution in [-0.2, 0) is 20.0 Å². The van der Waals surface area contributed by atoms with Crippen LogP contribution in [-0.4, -0.2) is 69.1 Å². The lowest BCUT2D eigenvalue weighted by Crippen LogP contribution is -2.74. The lowest BCUT2D eigenvalue weighted by Gasteiger charge is -2.60. The lowest BCUT2D eigenvalue weighted by molar-refractivity contribution is -0.176. The second-order valence-electron chi connectivity index (χ2n) is 8.63. The molecule has 3 heterocycles. The van der Waals surface area contributed by atoms with Crippen LogP contribution in [0.3, 0.4) is 0 Å². The maximum Gasteiger partial charge on any atom is 0.398 e. The van der Waals surface area contributed by atoms with E-state index in [0.29, 0.717) is 23.0 Å². The summed E-state index contributed by atoms with van der Waals surface area (Å²) in [6.45, 7) is 5.33. The Labute approximate surface area is 162 Å². The van der Waals surface area contributed by atoms with Crippen molar-refractivity contribution >= 4 is 16.6 Å². The first-order valence-corrected chi connectivity index (χ1v) is 11.1. The Morgan fingerprint density at radius 1 is 0.964 bits per heavy atom. The average molecular weight is 416 g/mol. The molecule has 0 atom stereocenters. The minimum Gasteiger partial charge on any atom is -0.307 e. The van der Waals surface area contributed by atoms with Gasteiger partial charge in [0, 0.05) is 37.5 Å². The minimum absolute atomic E-state index is 0.0122. The molecular formula is C19H23F3N2O3S. The van der Waals surface area contributed by atoms with Crippen LogP contribution < -0.4 is 0 Å². The van der Waals surface area contributed by atoms with Crippen molar-refractivity contribution in [2.75, 3.05) is 37.7 Å². The molecular weight excluding hydrogens is 393 g/mol. The zero-order valence-corrected chi connectivity index (χ0v) is 16.2. The molecule has 5 nitrogen and oxygen atoms in total. The van der Waals surface area contributed by atoms with Crippen LogP contribution in [0.4, 0.5) is 13.2 Å². The van der Waals surface area contributed by atoms with Gasteiger partial charge >= 0.3 is 6.18 Å². The van der Waals surface area contributed by atoms with E-state index < -0.39 is 21.4 Å². The van der Waals surface area contributed by atoms with Gasteiger partial charge in [-0.25, -0.2) is 18.4 Å². The molecule has 4 fully saturated rings. The fourth-order valence-corrected chi connectivity index (χ4v) is 6.98. The van der Waals surface area contributed by atoms with E-state index in [1.165, 1.54) is 0 Å². The zero-order valence-electron chi connectivity index (χ0n) is 15.4. The molecule has 1 aromatic rings. The van der Waals surface area contributed by atoms with E-state index in [0.717, 1.165) is 31.7 Å². The molecule has 0 amide bonds. The number of benzene rings is 1. The molecule has 3 saturated heterocycles. The SMILES string of the molecule is C=O.O=S1(=O)CC2(CN(N3CC(c4ccc(C5(C(F)(F)F)CC5)cc4)C3)C2)C1. The van der Waals surface area contributed by atoms with Crippen LogP contribution in [0.25, 0.3) is 0 Å². The minimum atomic E-state index is -4.16. The first-order chi connectivity index (χ1) is 13.1. The number of sulfone groups is 1. The maximum absolute atomic E-state index is 13.2. The van der Waals surface area contributed by atoms with Gasteiger partial charge in [-0.2, -0.15) is 13.2 Å². The first-order valence-electron chi connectivity index (χ1n) is 9.28. The molecule has 1 aliphatic carbocycles. The Morgan fingerprint density at radius 2 is 1.50 bits per heavy atom. The highest BCUT2D eigenvalue weighted by molar-refractivity contribution is 7.92. The van der Waals surface area contributed by atoms with Crippen LogP contribution in [0, 0.1) is 5.41 Å². The number of halogens is 3. The lowest BCUT2D eigenvalue weighted by atomic mass is 9.83. The fourth-order valence-electron chi connectivity index (χ4n) is 4.83. The summed E-state index contributed by atoms with van der Waals surface area (Å²) in [6, 6.07) is 6.99. The van der Waals surface area contributed by atoms with Gasteiger partial charge in [0.2, 0.25) is 0 Å². The van der Waals surface area contributed by atoms with Crippen molar-refractivity contribution < 1.29 is 26.4 Å². The van der Waals surface area contributed by atoms with Gasteiger partial charge in [0.1, 0.15) is 6.79 Å². The highest BCUT2D eigenvalue weighted by Gasteiger charge is 2.64. The van der Waals surface area contributed by atoms with Crippen molar-refractivity contribution in [3.05, 3.63) is 35.4 Å². The van der Waals surface area contributed by atoms with Crippen molar-refractivity contribution in [3.8, 4) is 0 Å². The maximum atomic E-state index is 13.2. The summed E-state index contributed by atoms with van der Waals surface area (Å²) in [4.78, 5) is 8.00. The van der Waals surface area contributed by atoms with Crippen molar-refractivity contribution in [1.82, 2.24) is 10.0 Å². The van der Waals surface area contributed by atoms with Gasteiger partial charge < -0.3 is 4.79 Å². The number of rotatable bonds is 3. The Kier molecular flexibility index (Phi) is 4.45. The molecule has 0 bridgehead atoms. The monoisotopic (exact) mass is 416 g/mol. The Hall–Kier alpha value is -1.45. The number of carbonyl (C=O) groups excluding carboxylic acids is 1. The molecule has 0 N–H and O–H groups in total. The summed E-state index contributed by atoms with van der Waals surface area (Å²) in [7, 11) is -2.79. The van der Waals surface area contributed by atoms with Gasteiger partial charge in [-0.15, -0.1) is 0 Å². The van der Waals surface area contributed by atoms with Gasteiger partial charge in [-0.1, -0.05) is 24.3 Å². The largest absolute Gasteiger partial charge is 0.398 e. The summed E-state index contributed by atoms with van der Waals surface area (Å²) in [5, 5.41) is 4.44. The molecule has 1 saturated carbocycles. The van der Waals surface area contributed by atoms with E-state index >= 15 is 0 Å². The molecule has 5 rings (SSSR count). The number of carbonyl (C=O) groups is 1. The Morgan fingerprint density at radius 3 is 1.93 bits per heavy atom. The average Bonchev–Trinajstić information content (AvgIpc) is 3.34. The van der Waals surface area contributed by atoms with E-state index in [1.54, 1.807) is 12.1 Å². The predicted octanol–water partition coefficient (Wildman–Crippen LogP) is 2.14. The van der Waals surface area contributed by atoms with Crippen LogP contribution in [0.5, 0.6) is 0 Å². The number of hydrazine groups is 1. The third kappa shape index (κ3) is 3.07. The van der Waals surface area contributed by atoms with Gasteiger partial charge in [-0.05, 0) is 24.0 Å². The number of hydrogen-bond acceptors (Lipinski definition) is 5. The van der Waals surface area contributed by atoms with E-state index in [4.69, 9.17) is 4.79 Å². The van der Waals surface area contributed by atoms with Crippen molar-refractivity contribution in [1.29, 1.82) is 0 Å². The molecule has 0 unspecified atom stereocenters. The molecule has 0 radical (unpaired) electrons. The van der Waals surface area contributed by atoms with Gasteiger partial charge in [0.05, 0.1) is 16.9 Å². The Bertz CT molecular complexity index is 839. The molecule has 28 heavy (non-hydrogen) atoms. The molecule has 9 heteroatoms. The molecule has 1 spiro atoms. The van der Waals surface area contributed by atoms with E-state index in [-0.39, 0.29) is 18.3 Å². The standard InChI is InChI=1S/C18H21F3N2O2S.CH2O/c19-18(20,21)17(5-6-17)15-3-1-13(2-4-15)14-7-22(8-14)23-9-16(10-23)11-26(24,25)12-16;1-2/h1-4,14H,5-12H2;1H2. The molecule has 3 aliphatic heterocycles.